The van der Waals surface area contributed by atoms with Crippen molar-refractivity contribution in [2.75, 3.05) is 7.05 Å². The monoisotopic (exact) mass is 607 g/mol. The van der Waals surface area contributed by atoms with Gasteiger partial charge in [-0.1, -0.05) is 143 Å². The fourth-order valence-electron chi connectivity index (χ4n) is 8.29. The molecular formula is C44H37N3. The van der Waals surface area contributed by atoms with E-state index < -0.39 is 0 Å². The van der Waals surface area contributed by atoms with Gasteiger partial charge in [0.25, 0.3) is 0 Å². The van der Waals surface area contributed by atoms with E-state index in [1.54, 1.807) is 0 Å². The zero-order chi connectivity index (χ0) is 32.1. The lowest BCUT2D eigenvalue weighted by molar-refractivity contribution is 0.382. The first-order chi connectivity index (χ1) is 22.7. The van der Waals surface area contributed by atoms with Crippen LogP contribution in [0, 0.1) is 0 Å². The molecule has 1 atom stereocenters. The Kier molecular flexibility index (Phi) is 5.87. The van der Waals surface area contributed by atoms with Crippen LogP contribution in [0.2, 0.25) is 0 Å². The normalized spacial score (nSPS) is 18.2. The Bertz CT molecular complexity index is 2340. The summed E-state index contributed by atoms with van der Waals surface area (Å²) in [7, 11) is 2.14. The van der Waals surface area contributed by atoms with Crippen molar-refractivity contribution in [2.45, 2.75) is 44.7 Å². The highest BCUT2D eigenvalue weighted by molar-refractivity contribution is 6.14. The fraction of sp³-hybridized carbons (Fsp3) is 0.182. The first-order valence-electron chi connectivity index (χ1n) is 16.6. The summed E-state index contributed by atoms with van der Waals surface area (Å²) in [4.78, 5) is 13.0. The zero-order valence-corrected chi connectivity index (χ0v) is 27.5. The number of amidine groups is 2. The van der Waals surface area contributed by atoms with Crippen LogP contribution < -0.4 is 0 Å². The molecule has 0 aromatic heterocycles. The van der Waals surface area contributed by atoms with Crippen molar-refractivity contribution >= 4 is 22.4 Å². The first kappa shape index (κ1) is 28.0. The lowest BCUT2D eigenvalue weighted by atomic mass is 9.81. The van der Waals surface area contributed by atoms with E-state index in [4.69, 9.17) is 9.98 Å². The van der Waals surface area contributed by atoms with Gasteiger partial charge in [0, 0.05) is 29.0 Å². The van der Waals surface area contributed by atoms with E-state index in [2.05, 4.69) is 167 Å². The van der Waals surface area contributed by atoms with Gasteiger partial charge in [-0.05, 0) is 73.0 Å². The molecule has 3 heteroatoms. The molecule has 0 saturated heterocycles. The van der Waals surface area contributed by atoms with Gasteiger partial charge >= 0.3 is 0 Å². The van der Waals surface area contributed by atoms with Crippen LogP contribution >= 0.6 is 0 Å². The number of hydrogen-bond acceptors (Lipinski definition) is 3. The van der Waals surface area contributed by atoms with E-state index in [0.29, 0.717) is 0 Å². The molecule has 0 radical (unpaired) electrons. The molecule has 0 N–H and O–H groups in total. The Hall–Kier alpha value is -5.28. The molecule has 228 valence electrons. The molecule has 2 aliphatic carbocycles. The quantitative estimate of drug-likeness (QED) is 0.197. The van der Waals surface area contributed by atoms with Gasteiger partial charge in [0.1, 0.15) is 12.0 Å². The first-order valence-corrected chi connectivity index (χ1v) is 16.6. The molecule has 0 amide bonds. The molecule has 0 fully saturated rings. The summed E-state index contributed by atoms with van der Waals surface area (Å²) in [6, 6.07) is 46.6. The number of aliphatic imine (C=N–C) groups is 2. The molecule has 0 spiro atoms. The highest BCUT2D eigenvalue weighted by Crippen LogP contribution is 2.50. The number of benzene rings is 6. The van der Waals surface area contributed by atoms with Gasteiger partial charge in [-0.15, -0.1) is 0 Å². The molecule has 1 aliphatic heterocycles. The van der Waals surface area contributed by atoms with Crippen LogP contribution in [-0.2, 0) is 10.8 Å². The third-order valence-electron chi connectivity index (χ3n) is 10.9. The summed E-state index contributed by atoms with van der Waals surface area (Å²) in [6.07, 6.45) is -0.229. The number of nitrogens with zero attached hydrogens (tertiary/aromatic N) is 3. The Morgan fingerprint density at radius 1 is 0.511 bits per heavy atom. The Morgan fingerprint density at radius 3 is 1.77 bits per heavy atom. The van der Waals surface area contributed by atoms with Crippen molar-refractivity contribution in [1.29, 1.82) is 0 Å². The topological polar surface area (TPSA) is 28.0 Å². The maximum absolute atomic E-state index is 5.40. The highest BCUT2D eigenvalue weighted by Gasteiger charge is 2.38. The maximum Gasteiger partial charge on any atom is 0.159 e. The van der Waals surface area contributed by atoms with E-state index >= 15 is 0 Å². The summed E-state index contributed by atoms with van der Waals surface area (Å²) in [6.45, 7) is 9.35. The Balaban J connectivity index is 1.20. The lowest BCUT2D eigenvalue weighted by Gasteiger charge is -2.33. The molecule has 0 saturated carbocycles. The van der Waals surface area contributed by atoms with E-state index in [-0.39, 0.29) is 17.0 Å². The summed E-state index contributed by atoms with van der Waals surface area (Å²) in [5.74, 6) is 1.70. The van der Waals surface area contributed by atoms with Gasteiger partial charge in [0.15, 0.2) is 5.84 Å². The van der Waals surface area contributed by atoms with E-state index in [1.165, 1.54) is 60.8 Å². The second kappa shape index (κ2) is 9.86. The molecular weight excluding hydrogens is 571 g/mol. The average Bonchev–Trinajstić information content (AvgIpc) is 3.47. The van der Waals surface area contributed by atoms with Gasteiger partial charge in [0.2, 0.25) is 0 Å². The van der Waals surface area contributed by atoms with Crippen LogP contribution in [0.1, 0.15) is 72.8 Å². The van der Waals surface area contributed by atoms with Gasteiger partial charge in [-0.3, -0.25) is 0 Å². The second-order valence-corrected chi connectivity index (χ2v) is 14.3. The van der Waals surface area contributed by atoms with Crippen LogP contribution in [0.25, 0.3) is 33.0 Å². The summed E-state index contributed by atoms with van der Waals surface area (Å²) in [5, 5.41) is 2.40. The minimum atomic E-state index is -0.229. The second-order valence-electron chi connectivity index (χ2n) is 14.3. The minimum Gasteiger partial charge on any atom is -0.333 e. The van der Waals surface area contributed by atoms with Crippen molar-refractivity contribution < 1.29 is 0 Å². The lowest BCUT2D eigenvalue weighted by Crippen LogP contribution is -2.36. The average molecular weight is 608 g/mol. The zero-order valence-electron chi connectivity index (χ0n) is 27.5. The molecule has 3 nitrogen and oxygen atoms in total. The number of fused-ring (bicyclic) bond motifs is 7. The van der Waals surface area contributed by atoms with Crippen molar-refractivity contribution in [3.8, 4) is 22.3 Å². The molecule has 3 aliphatic rings. The van der Waals surface area contributed by atoms with E-state index in [0.717, 1.165) is 22.8 Å². The Morgan fingerprint density at radius 2 is 1.06 bits per heavy atom. The van der Waals surface area contributed by atoms with Crippen molar-refractivity contribution in [3.05, 3.63) is 166 Å². The molecule has 1 heterocycles. The number of rotatable bonds is 3. The van der Waals surface area contributed by atoms with E-state index in [9.17, 15) is 0 Å². The largest absolute Gasteiger partial charge is 0.333 e. The predicted octanol–water partition coefficient (Wildman–Crippen LogP) is 10.3. The smallest absolute Gasteiger partial charge is 0.159 e. The number of hydrogen-bond donors (Lipinski definition) is 0. The summed E-state index contributed by atoms with van der Waals surface area (Å²) >= 11 is 0. The third kappa shape index (κ3) is 4.05. The van der Waals surface area contributed by atoms with Crippen LogP contribution in [0.4, 0.5) is 0 Å². The van der Waals surface area contributed by atoms with Crippen LogP contribution in [0.3, 0.4) is 0 Å². The van der Waals surface area contributed by atoms with Crippen LogP contribution in [0.15, 0.2) is 137 Å². The molecule has 6 aromatic carbocycles. The molecule has 1 unspecified atom stereocenters. The standard InChI is InChI=1S/C44H37N3/c1-43(2)36-16-10-8-14-32(36)34-22-20-30(25-38(34)43)41-45-40(29-19-18-27-12-6-7-13-28(27)24-29)46-42(47(41)5)31-21-23-35-33-15-9-11-17-37(33)44(3,4)39(35)26-31/h6-26,41H,1-5H3. The fourth-order valence-corrected chi connectivity index (χ4v) is 8.29. The third-order valence-corrected chi connectivity index (χ3v) is 10.9. The maximum atomic E-state index is 5.40. The Labute approximate surface area is 277 Å². The SMILES string of the molecule is CN1C(c2ccc3c(c2)C(C)(C)c2ccccc2-3)=NC(c2ccc3ccccc3c2)=NC1c1ccc2c(c1)C(C)(C)c1ccccc1-2. The summed E-state index contributed by atoms with van der Waals surface area (Å²) in [5.41, 5.74) is 13.9. The van der Waals surface area contributed by atoms with Crippen molar-refractivity contribution in [2.24, 2.45) is 9.98 Å². The van der Waals surface area contributed by atoms with Gasteiger partial charge in [-0.25, -0.2) is 9.98 Å². The van der Waals surface area contributed by atoms with Crippen LogP contribution in [0.5, 0.6) is 0 Å². The van der Waals surface area contributed by atoms with Gasteiger partial charge in [-0.2, -0.15) is 0 Å². The predicted molar refractivity (Wildman–Crippen MR) is 196 cm³/mol. The molecule has 0 bridgehead atoms. The summed E-state index contributed by atoms with van der Waals surface area (Å²) < 4.78 is 0. The van der Waals surface area contributed by atoms with E-state index in [1.807, 2.05) is 0 Å². The van der Waals surface area contributed by atoms with Gasteiger partial charge < -0.3 is 4.90 Å². The van der Waals surface area contributed by atoms with Crippen molar-refractivity contribution in [1.82, 2.24) is 4.90 Å². The van der Waals surface area contributed by atoms with Crippen LogP contribution in [-0.4, -0.2) is 23.6 Å². The molecule has 9 rings (SSSR count). The van der Waals surface area contributed by atoms with Crippen molar-refractivity contribution in [3.63, 3.8) is 0 Å². The molecule has 6 aromatic rings. The van der Waals surface area contributed by atoms with Gasteiger partial charge in [0.05, 0.1) is 0 Å². The highest BCUT2D eigenvalue weighted by atomic mass is 15.3. The molecule has 47 heavy (non-hydrogen) atoms. The minimum absolute atomic E-state index is 0.0858.